The number of hydrogen-bond acceptors (Lipinski definition) is 4. The number of aryl methyl sites for hydroxylation is 1. The molecule has 78 valence electrons. The van der Waals surface area contributed by atoms with Crippen molar-refractivity contribution >= 4 is 39.7 Å². The number of rotatable bonds is 1. The van der Waals surface area contributed by atoms with Gasteiger partial charge < -0.3 is 10.5 Å². The fourth-order valence-electron chi connectivity index (χ4n) is 0.642. The molecular weight excluding hydrogens is 271 g/mol. The fraction of sp³-hybridized carbons (Fsp3) is 0.250. The molecule has 2 N–H and O–H groups in total. The maximum atomic E-state index is 8.95. The first-order chi connectivity index (χ1) is 6.52. The van der Waals surface area contributed by atoms with Crippen molar-refractivity contribution in [1.82, 2.24) is 4.98 Å². The van der Waals surface area contributed by atoms with Crippen LogP contribution >= 0.6 is 27.5 Å². The van der Waals surface area contributed by atoms with Gasteiger partial charge in [0, 0.05) is 0 Å². The summed E-state index contributed by atoms with van der Waals surface area (Å²) in [6.07, 6.45) is 0. The van der Waals surface area contributed by atoms with Crippen LogP contribution in [0.1, 0.15) is 5.69 Å². The lowest BCUT2D eigenvalue weighted by Gasteiger charge is -2.00. The number of carbonyl (C=O) groups excluding carboxylic acids is 1. The van der Waals surface area contributed by atoms with E-state index in [0.717, 1.165) is 10.2 Å². The number of pyridine rings is 1. The number of ether oxygens (including phenoxy) is 1. The summed E-state index contributed by atoms with van der Waals surface area (Å²) in [6, 6.07) is 1.61. The zero-order chi connectivity index (χ0) is 11.1. The molecule has 0 aliphatic rings. The molecule has 0 fully saturated rings. The van der Waals surface area contributed by atoms with Crippen molar-refractivity contribution in [3.8, 4) is 0 Å². The molecule has 0 aliphatic heterocycles. The summed E-state index contributed by atoms with van der Waals surface area (Å²) in [7, 11) is 1.31. The van der Waals surface area contributed by atoms with Crippen LogP contribution < -0.4 is 5.73 Å². The van der Waals surface area contributed by atoms with E-state index in [1.807, 2.05) is 6.92 Å². The maximum absolute atomic E-state index is 8.95. The van der Waals surface area contributed by atoms with Gasteiger partial charge in [-0.25, -0.2) is 4.98 Å². The molecule has 0 saturated heterocycles. The third-order valence-electron chi connectivity index (χ3n) is 1.22. The molecule has 6 heteroatoms. The molecule has 1 aromatic heterocycles. The highest BCUT2D eigenvalue weighted by Crippen LogP contribution is 2.24. The summed E-state index contributed by atoms with van der Waals surface area (Å²) in [5.74, 6) is 0. The Kier molecular flexibility index (Phi) is 6.23. The Hall–Kier alpha value is -0.810. The van der Waals surface area contributed by atoms with Crippen LogP contribution in [0.15, 0.2) is 10.5 Å². The molecule has 0 spiro atoms. The van der Waals surface area contributed by atoms with Crippen molar-refractivity contribution in [2.24, 2.45) is 0 Å². The molecule has 0 aliphatic carbocycles. The number of carbonyl (C=O) groups is 1. The number of methoxy groups -OCH3 is 1. The number of nitrogens with zero attached hydrogens (tertiary/aromatic N) is 1. The van der Waals surface area contributed by atoms with Crippen molar-refractivity contribution < 1.29 is 9.53 Å². The first kappa shape index (κ1) is 13.2. The van der Waals surface area contributed by atoms with Crippen molar-refractivity contribution in [3.63, 3.8) is 0 Å². The zero-order valence-electron chi connectivity index (χ0n) is 7.75. The Morgan fingerprint density at radius 1 is 1.71 bits per heavy atom. The van der Waals surface area contributed by atoms with Gasteiger partial charge in [0.1, 0.15) is 5.15 Å². The average molecular weight is 282 g/mol. The first-order valence-electron chi connectivity index (χ1n) is 3.57. The van der Waals surface area contributed by atoms with Crippen LogP contribution in [0.3, 0.4) is 0 Å². The molecule has 0 radical (unpaired) electrons. The van der Waals surface area contributed by atoms with Crippen molar-refractivity contribution in [2.45, 2.75) is 6.92 Å². The molecule has 0 atom stereocenters. The average Bonchev–Trinajstić information content (AvgIpc) is 2.14. The largest absolute Gasteiger partial charge is 0.471 e. The van der Waals surface area contributed by atoms with Crippen LogP contribution in [0, 0.1) is 6.92 Å². The van der Waals surface area contributed by atoms with Gasteiger partial charge in [-0.3, -0.25) is 4.79 Å². The van der Waals surface area contributed by atoms with Gasteiger partial charge in [0.2, 0.25) is 0 Å². The first-order valence-corrected chi connectivity index (χ1v) is 4.74. The Labute approximate surface area is 95.5 Å². The maximum Gasteiger partial charge on any atom is 0.292 e. The molecule has 4 nitrogen and oxygen atoms in total. The summed E-state index contributed by atoms with van der Waals surface area (Å²) >= 11 is 8.88. The van der Waals surface area contributed by atoms with Crippen LogP contribution in [0.4, 0.5) is 5.69 Å². The van der Waals surface area contributed by atoms with Gasteiger partial charge in [0.25, 0.3) is 6.47 Å². The van der Waals surface area contributed by atoms with Crippen molar-refractivity contribution in [1.29, 1.82) is 0 Å². The topological polar surface area (TPSA) is 65.2 Å². The fourth-order valence-corrected chi connectivity index (χ4v) is 1.09. The predicted molar refractivity (Wildman–Crippen MR) is 59.2 cm³/mol. The Bertz CT molecular complexity index is 297. The predicted octanol–water partition coefficient (Wildman–Crippen LogP) is 2.18. The summed E-state index contributed by atoms with van der Waals surface area (Å²) in [6.45, 7) is 2.21. The Morgan fingerprint density at radius 2 is 2.21 bits per heavy atom. The smallest absolute Gasteiger partial charge is 0.292 e. The number of halogens is 2. The van der Waals surface area contributed by atoms with E-state index in [2.05, 4.69) is 25.7 Å². The minimum atomic E-state index is 0.375. The summed E-state index contributed by atoms with van der Waals surface area (Å²) in [5, 5.41) is 0.429. The van der Waals surface area contributed by atoms with Crippen molar-refractivity contribution in [2.75, 3.05) is 12.8 Å². The van der Waals surface area contributed by atoms with E-state index >= 15 is 0 Å². The molecule has 0 aromatic carbocycles. The Morgan fingerprint density at radius 3 is 2.57 bits per heavy atom. The second-order valence-electron chi connectivity index (χ2n) is 2.27. The number of hydrogen-bond donors (Lipinski definition) is 1. The highest BCUT2D eigenvalue weighted by atomic mass is 79.9. The summed E-state index contributed by atoms with van der Waals surface area (Å²) in [5.41, 5.74) is 6.98. The lowest BCUT2D eigenvalue weighted by atomic mass is 10.3. The molecule has 14 heavy (non-hydrogen) atoms. The van der Waals surface area contributed by atoms with Gasteiger partial charge in [-0.1, -0.05) is 11.6 Å². The number of nitrogen functional groups attached to an aromatic ring is 1. The SMILES string of the molecule is COC=O.Cc1nc(Cl)cc(N)c1Br. The van der Waals surface area contributed by atoms with E-state index in [0.29, 0.717) is 17.3 Å². The molecule has 0 amide bonds. The lowest BCUT2D eigenvalue weighted by Crippen LogP contribution is -1.91. The molecule has 0 unspecified atom stereocenters. The third kappa shape index (κ3) is 4.43. The van der Waals surface area contributed by atoms with Gasteiger partial charge in [0.15, 0.2) is 0 Å². The van der Waals surface area contributed by atoms with E-state index in [1.165, 1.54) is 7.11 Å². The van der Waals surface area contributed by atoms with Gasteiger partial charge in [-0.2, -0.15) is 0 Å². The van der Waals surface area contributed by atoms with Gasteiger partial charge >= 0.3 is 0 Å². The standard InChI is InChI=1S/C6H6BrClN2.C2H4O2/c1-3-6(7)4(9)2-5(8)10-3;1-4-2-3/h2H,1H3,(H2,9,10);2H,1H3. The monoisotopic (exact) mass is 280 g/mol. The molecule has 1 aromatic rings. The molecule has 0 bridgehead atoms. The van der Waals surface area contributed by atoms with E-state index in [9.17, 15) is 0 Å². The normalized spacial score (nSPS) is 8.57. The lowest BCUT2D eigenvalue weighted by molar-refractivity contribution is -0.126. The Balaban J connectivity index is 0.000000364. The molecule has 1 rings (SSSR count). The second kappa shape index (κ2) is 6.62. The van der Waals surface area contributed by atoms with Crippen molar-refractivity contribution in [3.05, 3.63) is 21.4 Å². The summed E-state index contributed by atoms with van der Waals surface area (Å²) in [4.78, 5) is 12.9. The molecular formula is C8H10BrClN2O2. The zero-order valence-corrected chi connectivity index (χ0v) is 10.1. The summed E-state index contributed by atoms with van der Waals surface area (Å²) < 4.78 is 4.68. The van der Waals surface area contributed by atoms with E-state index < -0.39 is 0 Å². The van der Waals surface area contributed by atoms with Gasteiger partial charge in [-0.15, -0.1) is 0 Å². The van der Waals surface area contributed by atoms with E-state index in [1.54, 1.807) is 6.07 Å². The minimum Gasteiger partial charge on any atom is -0.471 e. The van der Waals surface area contributed by atoms with Crippen LogP contribution in [0.25, 0.3) is 0 Å². The molecule has 1 heterocycles. The van der Waals surface area contributed by atoms with Gasteiger partial charge in [-0.05, 0) is 28.9 Å². The van der Waals surface area contributed by atoms with Crippen LogP contribution in [0.5, 0.6) is 0 Å². The quantitative estimate of drug-likeness (QED) is 0.633. The minimum absolute atomic E-state index is 0.375. The van der Waals surface area contributed by atoms with Crippen LogP contribution in [-0.2, 0) is 9.53 Å². The molecule has 0 saturated carbocycles. The van der Waals surface area contributed by atoms with Crippen LogP contribution in [0.2, 0.25) is 5.15 Å². The third-order valence-corrected chi connectivity index (χ3v) is 2.44. The van der Waals surface area contributed by atoms with E-state index in [4.69, 9.17) is 22.1 Å². The highest BCUT2D eigenvalue weighted by molar-refractivity contribution is 9.10. The second-order valence-corrected chi connectivity index (χ2v) is 3.45. The van der Waals surface area contributed by atoms with E-state index in [-0.39, 0.29) is 0 Å². The van der Waals surface area contributed by atoms with Crippen LogP contribution in [-0.4, -0.2) is 18.6 Å². The highest BCUT2D eigenvalue weighted by Gasteiger charge is 2.01. The number of anilines is 1. The van der Waals surface area contributed by atoms with Gasteiger partial charge in [0.05, 0.1) is 23.0 Å². The number of aromatic nitrogens is 1. The number of nitrogens with two attached hydrogens (primary N) is 1.